The molecular formula is C21H21FN2O5. The number of carbonyl (C=O) groups is 3. The lowest BCUT2D eigenvalue weighted by Gasteiger charge is -2.25. The van der Waals surface area contributed by atoms with E-state index in [4.69, 9.17) is 9.47 Å². The standard InChI is InChI=1S/C21H21FN2O5/c1-4-21(14-6-8-15(22)9-7-14)19(26)24(20(27)23-21)12-16(25)13-5-10-17(28-2)18(11-13)29-3/h5-11H,4,12H2,1-3H3,(H,23,27)/t21-/m1/s1. The molecular weight excluding hydrogens is 379 g/mol. The molecule has 2 aromatic rings. The normalized spacial score (nSPS) is 18.6. The third kappa shape index (κ3) is 3.53. The predicted molar refractivity (Wildman–Crippen MR) is 102 cm³/mol. The number of nitrogens with one attached hydrogen (secondary N) is 1. The van der Waals surface area contributed by atoms with Crippen LogP contribution in [0.15, 0.2) is 42.5 Å². The number of carbonyl (C=O) groups excluding carboxylic acids is 3. The smallest absolute Gasteiger partial charge is 0.325 e. The lowest BCUT2D eigenvalue weighted by molar-refractivity contribution is -0.131. The van der Waals surface area contributed by atoms with Gasteiger partial charge in [-0.05, 0) is 42.3 Å². The van der Waals surface area contributed by atoms with Crippen molar-refractivity contribution in [1.29, 1.82) is 0 Å². The fourth-order valence-electron chi connectivity index (χ4n) is 3.39. The summed E-state index contributed by atoms with van der Waals surface area (Å²) in [6, 6.07) is 9.30. The van der Waals surface area contributed by atoms with Crippen molar-refractivity contribution in [2.45, 2.75) is 18.9 Å². The molecule has 3 amide bonds. The number of benzene rings is 2. The number of imide groups is 1. The number of hydrogen-bond acceptors (Lipinski definition) is 5. The molecule has 0 saturated carbocycles. The molecule has 0 aliphatic carbocycles. The number of nitrogens with zero attached hydrogens (tertiary/aromatic N) is 1. The molecule has 3 rings (SSSR count). The number of urea groups is 1. The van der Waals surface area contributed by atoms with Gasteiger partial charge in [-0.2, -0.15) is 0 Å². The van der Waals surface area contributed by atoms with Crippen LogP contribution in [0.1, 0.15) is 29.3 Å². The summed E-state index contributed by atoms with van der Waals surface area (Å²) in [5, 5.41) is 2.67. The molecule has 1 aliphatic rings. The van der Waals surface area contributed by atoms with Gasteiger partial charge in [0.2, 0.25) is 0 Å². The number of ketones is 1. The fourth-order valence-corrected chi connectivity index (χ4v) is 3.39. The van der Waals surface area contributed by atoms with Crippen LogP contribution in [0.5, 0.6) is 11.5 Å². The molecule has 1 saturated heterocycles. The molecule has 1 fully saturated rings. The van der Waals surface area contributed by atoms with E-state index >= 15 is 0 Å². The van der Waals surface area contributed by atoms with E-state index in [1.165, 1.54) is 50.6 Å². The molecule has 1 aliphatic heterocycles. The summed E-state index contributed by atoms with van der Waals surface area (Å²) in [5.74, 6) is -0.603. The Balaban J connectivity index is 1.86. The van der Waals surface area contributed by atoms with E-state index < -0.39 is 35.6 Å². The zero-order valence-corrected chi connectivity index (χ0v) is 16.3. The van der Waals surface area contributed by atoms with Gasteiger partial charge in [0, 0.05) is 5.56 Å². The molecule has 8 heteroatoms. The summed E-state index contributed by atoms with van der Waals surface area (Å²) >= 11 is 0. The SMILES string of the molecule is CC[C@]1(c2ccc(F)cc2)NC(=O)N(CC(=O)c2ccc(OC)c(OC)c2)C1=O. The second-order valence-electron chi connectivity index (χ2n) is 6.58. The number of rotatable bonds is 7. The maximum Gasteiger partial charge on any atom is 0.325 e. The van der Waals surface area contributed by atoms with Crippen LogP contribution in [-0.2, 0) is 10.3 Å². The van der Waals surface area contributed by atoms with Crippen molar-refractivity contribution in [3.05, 3.63) is 59.4 Å². The summed E-state index contributed by atoms with van der Waals surface area (Å²) in [4.78, 5) is 39.2. The second kappa shape index (κ2) is 7.90. The summed E-state index contributed by atoms with van der Waals surface area (Å²) in [5.41, 5.74) is -0.595. The van der Waals surface area contributed by atoms with Gasteiger partial charge >= 0.3 is 6.03 Å². The number of methoxy groups -OCH3 is 2. The molecule has 0 radical (unpaired) electrons. The molecule has 0 bridgehead atoms. The molecule has 1 N–H and O–H groups in total. The third-order valence-corrected chi connectivity index (χ3v) is 5.05. The van der Waals surface area contributed by atoms with E-state index in [0.717, 1.165) is 4.90 Å². The highest BCUT2D eigenvalue weighted by atomic mass is 19.1. The van der Waals surface area contributed by atoms with Crippen LogP contribution in [-0.4, -0.2) is 43.4 Å². The molecule has 0 spiro atoms. The molecule has 152 valence electrons. The first-order chi connectivity index (χ1) is 13.9. The largest absolute Gasteiger partial charge is 0.493 e. The Hall–Kier alpha value is -3.42. The quantitative estimate of drug-likeness (QED) is 0.571. The number of hydrogen-bond donors (Lipinski definition) is 1. The van der Waals surface area contributed by atoms with Crippen LogP contribution < -0.4 is 14.8 Å². The van der Waals surface area contributed by atoms with Gasteiger partial charge in [0.15, 0.2) is 17.3 Å². The molecule has 2 aromatic carbocycles. The molecule has 0 unspecified atom stereocenters. The van der Waals surface area contributed by atoms with Crippen molar-refractivity contribution in [2.24, 2.45) is 0 Å². The second-order valence-corrected chi connectivity index (χ2v) is 6.58. The first-order valence-corrected chi connectivity index (χ1v) is 9.01. The van der Waals surface area contributed by atoms with Crippen molar-refractivity contribution >= 4 is 17.7 Å². The van der Waals surface area contributed by atoms with Gasteiger partial charge in [-0.25, -0.2) is 9.18 Å². The van der Waals surface area contributed by atoms with Crippen molar-refractivity contribution in [1.82, 2.24) is 10.2 Å². The summed E-state index contributed by atoms with van der Waals surface area (Å²) in [6.07, 6.45) is 0.254. The maximum atomic E-state index is 13.3. The van der Waals surface area contributed by atoms with Gasteiger partial charge in [-0.1, -0.05) is 19.1 Å². The summed E-state index contributed by atoms with van der Waals surface area (Å²) in [6.45, 7) is 1.31. The number of ether oxygens (including phenoxy) is 2. The van der Waals surface area contributed by atoms with Crippen molar-refractivity contribution in [3.63, 3.8) is 0 Å². The monoisotopic (exact) mass is 400 g/mol. The minimum absolute atomic E-state index is 0.254. The maximum absolute atomic E-state index is 13.3. The van der Waals surface area contributed by atoms with Crippen LogP contribution in [0, 0.1) is 5.82 Å². The van der Waals surface area contributed by atoms with Gasteiger partial charge in [0.25, 0.3) is 5.91 Å². The Morgan fingerprint density at radius 3 is 2.31 bits per heavy atom. The Bertz CT molecular complexity index is 960. The van der Waals surface area contributed by atoms with Crippen LogP contribution in [0.3, 0.4) is 0 Å². The van der Waals surface area contributed by atoms with Gasteiger partial charge in [0.1, 0.15) is 11.4 Å². The van der Waals surface area contributed by atoms with Crippen LogP contribution in [0.2, 0.25) is 0 Å². The Kier molecular flexibility index (Phi) is 5.54. The van der Waals surface area contributed by atoms with Crippen molar-refractivity contribution < 1.29 is 28.2 Å². The molecule has 1 atom stereocenters. The van der Waals surface area contributed by atoms with E-state index in [0.29, 0.717) is 17.1 Å². The highest BCUT2D eigenvalue weighted by molar-refractivity contribution is 6.11. The first kappa shape index (κ1) is 20.3. The number of amides is 3. The third-order valence-electron chi connectivity index (χ3n) is 5.05. The van der Waals surface area contributed by atoms with Crippen molar-refractivity contribution in [3.8, 4) is 11.5 Å². The molecule has 29 heavy (non-hydrogen) atoms. The van der Waals surface area contributed by atoms with Gasteiger partial charge in [0.05, 0.1) is 20.8 Å². The summed E-state index contributed by atoms with van der Waals surface area (Å²) in [7, 11) is 2.92. The number of Topliss-reactive ketones (excluding diaryl/α,β-unsaturated/α-hetero) is 1. The van der Waals surface area contributed by atoms with Crippen LogP contribution in [0.25, 0.3) is 0 Å². The lowest BCUT2D eigenvalue weighted by Crippen LogP contribution is -2.43. The van der Waals surface area contributed by atoms with E-state index in [9.17, 15) is 18.8 Å². The van der Waals surface area contributed by atoms with Crippen LogP contribution in [0.4, 0.5) is 9.18 Å². The Morgan fingerprint density at radius 2 is 1.72 bits per heavy atom. The topological polar surface area (TPSA) is 84.9 Å². The summed E-state index contributed by atoms with van der Waals surface area (Å²) < 4.78 is 23.6. The van der Waals surface area contributed by atoms with E-state index in [2.05, 4.69) is 5.32 Å². The van der Waals surface area contributed by atoms with Gasteiger partial charge < -0.3 is 14.8 Å². The highest BCUT2D eigenvalue weighted by Crippen LogP contribution is 2.33. The zero-order valence-electron chi connectivity index (χ0n) is 16.3. The Labute approximate surface area is 167 Å². The van der Waals surface area contributed by atoms with Crippen molar-refractivity contribution in [2.75, 3.05) is 20.8 Å². The minimum Gasteiger partial charge on any atom is -0.493 e. The molecule has 1 heterocycles. The minimum atomic E-state index is -1.33. The fraction of sp³-hybridized carbons (Fsp3) is 0.286. The van der Waals surface area contributed by atoms with Gasteiger partial charge in [-0.15, -0.1) is 0 Å². The highest BCUT2D eigenvalue weighted by Gasteiger charge is 2.51. The van der Waals surface area contributed by atoms with E-state index in [1.54, 1.807) is 13.0 Å². The predicted octanol–water partition coefficient (Wildman–Crippen LogP) is 2.88. The van der Waals surface area contributed by atoms with Crippen LogP contribution >= 0.6 is 0 Å². The first-order valence-electron chi connectivity index (χ1n) is 9.01. The average Bonchev–Trinajstić information content (AvgIpc) is 2.98. The van der Waals surface area contributed by atoms with Gasteiger partial charge in [-0.3, -0.25) is 14.5 Å². The molecule has 0 aromatic heterocycles. The lowest BCUT2D eigenvalue weighted by atomic mass is 9.87. The average molecular weight is 400 g/mol. The number of halogens is 1. The van der Waals surface area contributed by atoms with E-state index in [-0.39, 0.29) is 12.0 Å². The zero-order chi connectivity index (χ0) is 21.2. The molecule has 7 nitrogen and oxygen atoms in total. The Morgan fingerprint density at radius 1 is 1.07 bits per heavy atom. The van der Waals surface area contributed by atoms with E-state index in [1.807, 2.05) is 0 Å².